The molecular formula is C16H19N. The van der Waals surface area contributed by atoms with E-state index >= 15 is 0 Å². The van der Waals surface area contributed by atoms with Crippen molar-refractivity contribution in [3.8, 4) is 0 Å². The van der Waals surface area contributed by atoms with Crippen LogP contribution in [0.4, 0.5) is 5.69 Å². The van der Waals surface area contributed by atoms with Crippen LogP contribution in [0.1, 0.15) is 25.0 Å². The molecule has 0 saturated carbocycles. The fourth-order valence-corrected chi connectivity index (χ4v) is 1.88. The molecule has 0 saturated heterocycles. The van der Waals surface area contributed by atoms with Crippen LogP contribution in [0.5, 0.6) is 0 Å². The van der Waals surface area contributed by atoms with Crippen molar-refractivity contribution in [2.75, 3.05) is 5.32 Å². The predicted octanol–water partition coefficient (Wildman–Crippen LogP) is 4.10. The Balaban J connectivity index is 2.03. The highest BCUT2D eigenvalue weighted by atomic mass is 14.9. The van der Waals surface area contributed by atoms with Crippen LogP contribution in [0.25, 0.3) is 0 Å². The summed E-state index contributed by atoms with van der Waals surface area (Å²) in [6, 6.07) is 19.7. The first-order valence-electron chi connectivity index (χ1n) is 6.13. The van der Waals surface area contributed by atoms with Crippen molar-refractivity contribution in [1.29, 1.82) is 0 Å². The lowest BCUT2D eigenvalue weighted by atomic mass is 10.0. The van der Waals surface area contributed by atoms with E-state index in [9.17, 15) is 0 Å². The Kier molecular flexibility index (Phi) is 3.81. The quantitative estimate of drug-likeness (QED) is 0.826. The molecule has 2 rings (SSSR count). The van der Waals surface area contributed by atoms with Crippen molar-refractivity contribution in [2.24, 2.45) is 0 Å². The summed E-state index contributed by atoms with van der Waals surface area (Å²) < 4.78 is 0. The fraction of sp³-hybridized carbons (Fsp3) is 0.250. The van der Waals surface area contributed by atoms with Crippen LogP contribution >= 0.6 is 0 Å². The summed E-state index contributed by atoms with van der Waals surface area (Å²) in [6.07, 6.45) is 1.00. The van der Waals surface area contributed by atoms with E-state index in [1.165, 1.54) is 16.8 Å². The van der Waals surface area contributed by atoms with E-state index in [0.717, 1.165) is 6.42 Å². The Labute approximate surface area is 103 Å². The van der Waals surface area contributed by atoms with E-state index in [1.807, 2.05) is 0 Å². The maximum Gasteiger partial charge on any atom is 0.0342 e. The van der Waals surface area contributed by atoms with Crippen molar-refractivity contribution in [3.05, 3.63) is 65.7 Å². The zero-order valence-electron chi connectivity index (χ0n) is 10.5. The molecule has 0 aromatic heterocycles. The second kappa shape index (κ2) is 5.53. The van der Waals surface area contributed by atoms with E-state index in [-0.39, 0.29) is 0 Å². The fourth-order valence-electron chi connectivity index (χ4n) is 1.88. The molecule has 2 aromatic carbocycles. The number of benzene rings is 2. The van der Waals surface area contributed by atoms with Crippen LogP contribution in [-0.4, -0.2) is 6.04 Å². The van der Waals surface area contributed by atoms with E-state index < -0.39 is 0 Å². The van der Waals surface area contributed by atoms with Crippen molar-refractivity contribution in [3.63, 3.8) is 0 Å². The van der Waals surface area contributed by atoms with Crippen molar-refractivity contribution < 1.29 is 0 Å². The lowest BCUT2D eigenvalue weighted by Crippen LogP contribution is -2.09. The number of hydrogen-bond donors (Lipinski definition) is 1. The second-order valence-corrected chi connectivity index (χ2v) is 4.66. The molecule has 17 heavy (non-hydrogen) atoms. The summed E-state index contributed by atoms with van der Waals surface area (Å²) in [4.78, 5) is 0. The van der Waals surface area contributed by atoms with Gasteiger partial charge in [-0.3, -0.25) is 0 Å². The SMILES string of the molecule is CC(C)Nc1ccc(Cc2ccccc2)cc1. The van der Waals surface area contributed by atoms with Crippen LogP contribution in [0.2, 0.25) is 0 Å². The standard InChI is InChI=1S/C16H19N/c1-13(2)17-16-10-8-15(9-11-16)12-14-6-4-3-5-7-14/h3-11,13,17H,12H2,1-2H3. The average Bonchev–Trinajstić information content (AvgIpc) is 2.32. The summed E-state index contributed by atoms with van der Waals surface area (Å²) >= 11 is 0. The summed E-state index contributed by atoms with van der Waals surface area (Å²) in [7, 11) is 0. The molecule has 1 heteroatoms. The van der Waals surface area contributed by atoms with Gasteiger partial charge in [0.25, 0.3) is 0 Å². The second-order valence-electron chi connectivity index (χ2n) is 4.66. The van der Waals surface area contributed by atoms with Gasteiger partial charge in [-0.15, -0.1) is 0 Å². The zero-order valence-corrected chi connectivity index (χ0v) is 10.5. The Hall–Kier alpha value is -1.76. The molecule has 88 valence electrons. The summed E-state index contributed by atoms with van der Waals surface area (Å²) in [5, 5.41) is 3.40. The summed E-state index contributed by atoms with van der Waals surface area (Å²) in [5.74, 6) is 0. The highest BCUT2D eigenvalue weighted by Gasteiger charge is 1.97. The highest BCUT2D eigenvalue weighted by molar-refractivity contribution is 5.45. The molecule has 0 unspecified atom stereocenters. The lowest BCUT2D eigenvalue weighted by Gasteiger charge is -2.10. The molecular weight excluding hydrogens is 206 g/mol. The molecule has 0 radical (unpaired) electrons. The molecule has 0 amide bonds. The normalized spacial score (nSPS) is 10.5. The van der Waals surface area contributed by atoms with Crippen LogP contribution in [-0.2, 0) is 6.42 Å². The average molecular weight is 225 g/mol. The molecule has 0 fully saturated rings. The first kappa shape index (κ1) is 11.7. The van der Waals surface area contributed by atoms with E-state index in [1.54, 1.807) is 0 Å². The highest BCUT2D eigenvalue weighted by Crippen LogP contribution is 2.14. The van der Waals surface area contributed by atoms with Gasteiger partial charge in [-0.1, -0.05) is 42.5 Å². The Bertz CT molecular complexity index is 443. The van der Waals surface area contributed by atoms with Gasteiger partial charge in [0.1, 0.15) is 0 Å². The summed E-state index contributed by atoms with van der Waals surface area (Å²) in [6.45, 7) is 4.30. The third kappa shape index (κ3) is 3.63. The van der Waals surface area contributed by atoms with Gasteiger partial charge in [0.2, 0.25) is 0 Å². The van der Waals surface area contributed by atoms with Gasteiger partial charge < -0.3 is 5.32 Å². The molecule has 0 bridgehead atoms. The molecule has 0 aliphatic heterocycles. The van der Waals surface area contributed by atoms with E-state index in [4.69, 9.17) is 0 Å². The first-order valence-corrected chi connectivity index (χ1v) is 6.13. The Morgan fingerprint density at radius 2 is 1.41 bits per heavy atom. The van der Waals surface area contributed by atoms with Crippen LogP contribution in [0.3, 0.4) is 0 Å². The third-order valence-electron chi connectivity index (χ3n) is 2.66. The van der Waals surface area contributed by atoms with Gasteiger partial charge >= 0.3 is 0 Å². The number of nitrogens with one attached hydrogen (secondary N) is 1. The molecule has 0 spiro atoms. The lowest BCUT2D eigenvalue weighted by molar-refractivity contribution is 0.899. The largest absolute Gasteiger partial charge is 0.383 e. The molecule has 0 aliphatic carbocycles. The van der Waals surface area contributed by atoms with Gasteiger partial charge in [0, 0.05) is 11.7 Å². The first-order chi connectivity index (χ1) is 8.24. The minimum Gasteiger partial charge on any atom is -0.383 e. The number of rotatable bonds is 4. The Morgan fingerprint density at radius 1 is 0.824 bits per heavy atom. The van der Waals surface area contributed by atoms with E-state index in [2.05, 4.69) is 73.8 Å². The maximum absolute atomic E-state index is 3.40. The zero-order chi connectivity index (χ0) is 12.1. The molecule has 0 aliphatic rings. The minimum absolute atomic E-state index is 0.481. The Morgan fingerprint density at radius 3 is 2.00 bits per heavy atom. The van der Waals surface area contributed by atoms with Gasteiger partial charge in [-0.2, -0.15) is 0 Å². The van der Waals surface area contributed by atoms with Gasteiger partial charge in [0.15, 0.2) is 0 Å². The molecule has 1 nitrogen and oxygen atoms in total. The molecule has 0 heterocycles. The van der Waals surface area contributed by atoms with E-state index in [0.29, 0.717) is 6.04 Å². The summed E-state index contributed by atoms with van der Waals surface area (Å²) in [5.41, 5.74) is 3.90. The number of hydrogen-bond acceptors (Lipinski definition) is 1. The molecule has 1 N–H and O–H groups in total. The topological polar surface area (TPSA) is 12.0 Å². The minimum atomic E-state index is 0.481. The number of anilines is 1. The predicted molar refractivity (Wildman–Crippen MR) is 74.4 cm³/mol. The smallest absolute Gasteiger partial charge is 0.0342 e. The van der Waals surface area contributed by atoms with Crippen molar-refractivity contribution in [2.45, 2.75) is 26.3 Å². The van der Waals surface area contributed by atoms with Gasteiger partial charge in [-0.25, -0.2) is 0 Å². The van der Waals surface area contributed by atoms with Crippen molar-refractivity contribution in [1.82, 2.24) is 0 Å². The molecule has 0 atom stereocenters. The maximum atomic E-state index is 3.40. The van der Waals surface area contributed by atoms with Gasteiger partial charge in [-0.05, 0) is 43.5 Å². The third-order valence-corrected chi connectivity index (χ3v) is 2.66. The monoisotopic (exact) mass is 225 g/mol. The van der Waals surface area contributed by atoms with Crippen LogP contribution in [0.15, 0.2) is 54.6 Å². The van der Waals surface area contributed by atoms with Crippen molar-refractivity contribution >= 4 is 5.69 Å². The molecule has 2 aromatic rings. The van der Waals surface area contributed by atoms with Crippen LogP contribution in [0, 0.1) is 0 Å². The van der Waals surface area contributed by atoms with Crippen LogP contribution < -0.4 is 5.32 Å². The van der Waals surface area contributed by atoms with Gasteiger partial charge in [0.05, 0.1) is 0 Å².